The van der Waals surface area contributed by atoms with Crippen LogP contribution in [0.2, 0.25) is 0 Å². The second kappa shape index (κ2) is 7.30. The molecule has 0 bridgehead atoms. The number of carbonyl (C=O) groups excluding carboxylic acids is 1. The van der Waals surface area contributed by atoms with Gasteiger partial charge in [0.2, 0.25) is 0 Å². The van der Waals surface area contributed by atoms with Crippen molar-refractivity contribution in [3.63, 3.8) is 0 Å². The van der Waals surface area contributed by atoms with E-state index in [1.54, 1.807) is 18.5 Å². The van der Waals surface area contributed by atoms with Crippen LogP contribution in [0.4, 0.5) is 14.5 Å². The number of carbonyl (C=O) groups is 1. The topological polar surface area (TPSA) is 89.7 Å². The summed E-state index contributed by atoms with van der Waals surface area (Å²) in [5.41, 5.74) is 8.36. The minimum Gasteiger partial charge on any atom is -0.395 e. The van der Waals surface area contributed by atoms with E-state index in [1.165, 1.54) is 12.1 Å². The van der Waals surface area contributed by atoms with Crippen molar-refractivity contribution in [2.75, 3.05) is 18.0 Å². The van der Waals surface area contributed by atoms with Crippen molar-refractivity contribution in [3.8, 4) is 22.6 Å². The van der Waals surface area contributed by atoms with Crippen molar-refractivity contribution in [3.05, 3.63) is 36.2 Å². The molecule has 0 spiro atoms. The maximum Gasteiger partial charge on any atom is 0.586 e. The van der Waals surface area contributed by atoms with Gasteiger partial charge in [-0.3, -0.25) is 9.78 Å². The summed E-state index contributed by atoms with van der Waals surface area (Å²) in [5, 5.41) is 3.09. The number of hydrogen-bond donors (Lipinski definition) is 2. The number of ether oxygens (including phenoxy) is 2. The average molecular weight is 444 g/mol. The number of halogens is 2. The van der Waals surface area contributed by atoms with Crippen molar-refractivity contribution in [2.45, 2.75) is 51.0 Å². The zero-order valence-electron chi connectivity index (χ0n) is 18.0. The number of aromatic nitrogens is 1. The standard InChI is InChI=1S/C23H26F2N4O3/c1-13(14-3-4-14)28-21(30)17-11-27-10-16(20(17)29-8-7-22(2,26)12-29)15-5-6-18-19(9-15)32-23(24,25)31-18/h5-6,9-11,13-14H,3-4,7-8,12,26H2,1-2H3,(H,28,30)/t13-,22-/m0/s1. The van der Waals surface area contributed by atoms with E-state index in [0.29, 0.717) is 41.4 Å². The molecule has 3 N–H and O–H groups in total. The molecule has 1 aromatic carbocycles. The number of nitrogens with one attached hydrogen (secondary N) is 1. The van der Waals surface area contributed by atoms with Crippen LogP contribution in [-0.2, 0) is 0 Å². The van der Waals surface area contributed by atoms with Crippen LogP contribution in [0.3, 0.4) is 0 Å². The predicted molar refractivity (Wildman–Crippen MR) is 115 cm³/mol. The number of rotatable bonds is 5. The average Bonchev–Trinajstić information content (AvgIpc) is 3.44. The first-order valence-corrected chi connectivity index (χ1v) is 10.8. The van der Waals surface area contributed by atoms with Gasteiger partial charge < -0.3 is 25.4 Å². The summed E-state index contributed by atoms with van der Waals surface area (Å²) in [4.78, 5) is 19.6. The van der Waals surface area contributed by atoms with Crippen LogP contribution < -0.4 is 25.4 Å². The molecule has 1 saturated carbocycles. The molecule has 3 heterocycles. The number of nitrogens with two attached hydrogens (primary N) is 1. The normalized spacial score (nSPS) is 24.5. The molecule has 0 unspecified atom stereocenters. The van der Waals surface area contributed by atoms with Crippen LogP contribution in [0, 0.1) is 5.92 Å². The lowest BCUT2D eigenvalue weighted by atomic mass is 10.00. The van der Waals surface area contributed by atoms with Crippen molar-refractivity contribution in [1.82, 2.24) is 10.3 Å². The number of amides is 1. The summed E-state index contributed by atoms with van der Waals surface area (Å²) >= 11 is 0. The van der Waals surface area contributed by atoms with E-state index >= 15 is 0 Å². The van der Waals surface area contributed by atoms with E-state index in [1.807, 2.05) is 13.8 Å². The monoisotopic (exact) mass is 444 g/mol. The highest BCUT2D eigenvalue weighted by Gasteiger charge is 2.43. The highest BCUT2D eigenvalue weighted by Crippen LogP contribution is 2.45. The first-order valence-electron chi connectivity index (χ1n) is 10.8. The number of fused-ring (bicyclic) bond motifs is 1. The van der Waals surface area contributed by atoms with E-state index in [4.69, 9.17) is 5.73 Å². The lowest BCUT2D eigenvalue weighted by Crippen LogP contribution is -2.40. The Labute approximate surface area is 184 Å². The molecular formula is C23H26F2N4O3. The van der Waals surface area contributed by atoms with Gasteiger partial charge in [0.1, 0.15) is 0 Å². The van der Waals surface area contributed by atoms with E-state index in [-0.39, 0.29) is 23.4 Å². The van der Waals surface area contributed by atoms with Gasteiger partial charge in [-0.05, 0) is 56.7 Å². The second-order valence-electron chi connectivity index (χ2n) is 9.34. The molecule has 1 saturated heterocycles. The first kappa shape index (κ1) is 20.9. The number of anilines is 1. The highest BCUT2D eigenvalue weighted by molar-refractivity contribution is 6.03. The Morgan fingerprint density at radius 3 is 2.72 bits per heavy atom. The minimum absolute atomic E-state index is 0.0314. The quantitative estimate of drug-likeness (QED) is 0.734. The Morgan fingerprint density at radius 1 is 1.28 bits per heavy atom. The first-order chi connectivity index (χ1) is 15.1. The van der Waals surface area contributed by atoms with Gasteiger partial charge in [0.25, 0.3) is 5.91 Å². The van der Waals surface area contributed by atoms with Gasteiger partial charge in [-0.2, -0.15) is 0 Å². The fourth-order valence-electron chi connectivity index (χ4n) is 4.46. The summed E-state index contributed by atoms with van der Waals surface area (Å²) < 4.78 is 36.2. The number of benzene rings is 1. The van der Waals surface area contributed by atoms with Crippen LogP contribution >= 0.6 is 0 Å². The predicted octanol–water partition coefficient (Wildman–Crippen LogP) is 3.53. The lowest BCUT2D eigenvalue weighted by molar-refractivity contribution is -0.286. The Bertz CT molecular complexity index is 1070. The molecule has 2 atom stereocenters. The molecule has 0 radical (unpaired) electrons. The number of hydrogen-bond acceptors (Lipinski definition) is 6. The highest BCUT2D eigenvalue weighted by atomic mass is 19.3. The molecule has 2 aliphatic heterocycles. The fourth-order valence-corrected chi connectivity index (χ4v) is 4.46. The minimum atomic E-state index is -3.70. The number of pyridine rings is 1. The molecule has 2 fully saturated rings. The van der Waals surface area contributed by atoms with Crippen molar-refractivity contribution < 1.29 is 23.0 Å². The zero-order chi connectivity index (χ0) is 22.7. The third-order valence-corrected chi connectivity index (χ3v) is 6.38. The van der Waals surface area contributed by atoms with Crippen LogP contribution in [0.15, 0.2) is 30.6 Å². The van der Waals surface area contributed by atoms with E-state index in [9.17, 15) is 13.6 Å². The molecule has 2 aromatic rings. The second-order valence-corrected chi connectivity index (χ2v) is 9.34. The van der Waals surface area contributed by atoms with Gasteiger partial charge in [0, 0.05) is 42.6 Å². The molecule has 1 aromatic heterocycles. The van der Waals surface area contributed by atoms with Crippen LogP contribution in [0.25, 0.3) is 11.1 Å². The Morgan fingerprint density at radius 2 is 2.03 bits per heavy atom. The molecule has 1 aliphatic carbocycles. The molecule has 170 valence electrons. The van der Waals surface area contributed by atoms with E-state index in [0.717, 1.165) is 19.3 Å². The molecule has 3 aliphatic rings. The van der Waals surface area contributed by atoms with Gasteiger partial charge in [0.15, 0.2) is 11.5 Å². The van der Waals surface area contributed by atoms with Crippen LogP contribution in [0.1, 0.15) is 43.5 Å². The van der Waals surface area contributed by atoms with E-state index < -0.39 is 11.8 Å². The Kier molecular flexibility index (Phi) is 4.77. The molecular weight excluding hydrogens is 418 g/mol. The Hall–Kier alpha value is -2.94. The van der Waals surface area contributed by atoms with Gasteiger partial charge in [0.05, 0.1) is 11.3 Å². The third kappa shape index (κ3) is 3.97. The smallest absolute Gasteiger partial charge is 0.395 e. The maximum absolute atomic E-state index is 13.5. The summed E-state index contributed by atoms with van der Waals surface area (Å²) in [6, 6.07) is 4.67. The van der Waals surface area contributed by atoms with Gasteiger partial charge in [-0.15, -0.1) is 8.78 Å². The summed E-state index contributed by atoms with van der Waals surface area (Å²) in [6.07, 6.45) is 2.50. The summed E-state index contributed by atoms with van der Waals surface area (Å²) in [5.74, 6) is 0.219. The van der Waals surface area contributed by atoms with Crippen molar-refractivity contribution in [1.29, 1.82) is 0 Å². The number of alkyl halides is 2. The third-order valence-electron chi connectivity index (χ3n) is 6.38. The molecule has 9 heteroatoms. The Balaban J connectivity index is 1.56. The molecule has 32 heavy (non-hydrogen) atoms. The van der Waals surface area contributed by atoms with Crippen molar-refractivity contribution >= 4 is 11.6 Å². The summed E-state index contributed by atoms with van der Waals surface area (Å²) in [6.45, 7) is 5.22. The van der Waals surface area contributed by atoms with E-state index in [2.05, 4.69) is 24.7 Å². The van der Waals surface area contributed by atoms with Gasteiger partial charge in [-0.25, -0.2) is 0 Å². The molecule has 1 amide bonds. The number of nitrogens with zero attached hydrogens (tertiary/aromatic N) is 2. The maximum atomic E-state index is 13.5. The lowest BCUT2D eigenvalue weighted by Gasteiger charge is -2.27. The molecule has 7 nitrogen and oxygen atoms in total. The largest absolute Gasteiger partial charge is 0.586 e. The van der Waals surface area contributed by atoms with Crippen LogP contribution in [0.5, 0.6) is 11.5 Å². The van der Waals surface area contributed by atoms with Gasteiger partial charge in [-0.1, -0.05) is 6.07 Å². The van der Waals surface area contributed by atoms with Crippen molar-refractivity contribution in [2.24, 2.45) is 11.7 Å². The zero-order valence-corrected chi connectivity index (χ0v) is 18.0. The SMILES string of the molecule is C[C@H](NC(=O)c1cncc(-c2ccc3c(c2)OC(F)(F)O3)c1N1CC[C@](C)(N)C1)C1CC1. The summed E-state index contributed by atoms with van der Waals surface area (Å²) in [7, 11) is 0. The van der Waals surface area contributed by atoms with Gasteiger partial charge >= 0.3 is 6.29 Å². The molecule has 5 rings (SSSR count). The fraction of sp³-hybridized carbons (Fsp3) is 0.478. The van der Waals surface area contributed by atoms with Crippen LogP contribution in [-0.4, -0.2) is 41.9 Å².